The third kappa shape index (κ3) is 3.50. The van der Waals surface area contributed by atoms with Gasteiger partial charge in [-0.15, -0.1) is 0 Å². The van der Waals surface area contributed by atoms with Gasteiger partial charge < -0.3 is 0 Å². The summed E-state index contributed by atoms with van der Waals surface area (Å²) in [5.74, 6) is 0. The molecule has 0 fully saturated rings. The Labute approximate surface area is 156 Å². The minimum absolute atomic E-state index is 0.595. The van der Waals surface area contributed by atoms with Gasteiger partial charge >= 0.3 is 0 Å². The zero-order valence-electron chi connectivity index (χ0n) is 14.3. The van der Waals surface area contributed by atoms with Crippen LogP contribution < -0.4 is 0 Å². The van der Waals surface area contributed by atoms with Gasteiger partial charge in [-0.2, -0.15) is 0 Å². The molecule has 2 aromatic heterocycles. The maximum absolute atomic E-state index is 6.45. The van der Waals surface area contributed by atoms with E-state index >= 15 is 0 Å². The third-order valence-corrected chi connectivity index (χ3v) is 5.46. The van der Waals surface area contributed by atoms with Crippen molar-refractivity contribution in [2.45, 2.75) is 31.6 Å². The molecule has 25 heavy (non-hydrogen) atoms. The number of halogens is 1. The van der Waals surface area contributed by atoms with Crippen molar-refractivity contribution in [3.63, 3.8) is 0 Å². The molecule has 0 radical (unpaired) electrons. The maximum atomic E-state index is 6.45. The molecule has 3 aromatic rings. The molecule has 0 aliphatic carbocycles. The Hall–Kier alpha value is -1.69. The smallest absolute Gasteiger partial charge is 0.187 e. The van der Waals surface area contributed by atoms with E-state index in [4.69, 9.17) is 11.6 Å². The highest BCUT2D eigenvalue weighted by Gasteiger charge is 2.19. The average molecular weight is 371 g/mol. The van der Waals surface area contributed by atoms with Crippen LogP contribution in [0.2, 0.25) is 5.15 Å². The first kappa shape index (κ1) is 16.8. The molecule has 1 aliphatic heterocycles. The second-order valence-electron chi connectivity index (χ2n) is 6.42. The Morgan fingerprint density at radius 2 is 2.12 bits per heavy atom. The van der Waals surface area contributed by atoms with Crippen molar-refractivity contribution in [3.8, 4) is 0 Å². The monoisotopic (exact) mass is 370 g/mol. The van der Waals surface area contributed by atoms with Gasteiger partial charge in [0, 0.05) is 48.8 Å². The summed E-state index contributed by atoms with van der Waals surface area (Å²) in [4.78, 5) is 16.0. The first-order valence-corrected chi connectivity index (χ1v) is 9.89. The van der Waals surface area contributed by atoms with Crippen molar-refractivity contribution < 1.29 is 0 Å². The van der Waals surface area contributed by atoms with E-state index in [1.54, 1.807) is 11.8 Å². The van der Waals surface area contributed by atoms with Gasteiger partial charge in [0.1, 0.15) is 5.15 Å². The first-order valence-electron chi connectivity index (χ1n) is 8.29. The first-order chi connectivity index (χ1) is 12.1. The number of pyridine rings is 1. The molecule has 0 spiro atoms. The van der Waals surface area contributed by atoms with Crippen molar-refractivity contribution in [2.24, 2.45) is 0 Å². The predicted molar refractivity (Wildman–Crippen MR) is 103 cm³/mol. The molecule has 4 nitrogen and oxygen atoms in total. The minimum Gasteiger partial charge on any atom is -0.294 e. The van der Waals surface area contributed by atoms with Crippen molar-refractivity contribution in [3.05, 3.63) is 58.0 Å². The van der Waals surface area contributed by atoms with Crippen LogP contribution in [0.4, 0.5) is 0 Å². The van der Waals surface area contributed by atoms with Gasteiger partial charge in [-0.3, -0.25) is 4.90 Å². The van der Waals surface area contributed by atoms with E-state index in [0.717, 1.165) is 47.7 Å². The van der Waals surface area contributed by atoms with Gasteiger partial charge in [0.05, 0.1) is 11.2 Å². The van der Waals surface area contributed by atoms with Crippen LogP contribution in [-0.4, -0.2) is 32.7 Å². The third-order valence-electron chi connectivity index (χ3n) is 4.57. The van der Waals surface area contributed by atoms with Gasteiger partial charge in [-0.05, 0) is 30.9 Å². The van der Waals surface area contributed by atoms with Gasteiger partial charge in [-0.1, -0.05) is 35.5 Å². The summed E-state index contributed by atoms with van der Waals surface area (Å²) < 4.78 is 0. The summed E-state index contributed by atoms with van der Waals surface area (Å²) in [5, 5.41) is 2.58. The van der Waals surface area contributed by atoms with Crippen LogP contribution in [0.15, 0.2) is 35.6 Å². The Morgan fingerprint density at radius 1 is 1.24 bits per heavy atom. The highest BCUT2D eigenvalue weighted by molar-refractivity contribution is 7.98. The van der Waals surface area contributed by atoms with Gasteiger partial charge in [0.15, 0.2) is 5.16 Å². The van der Waals surface area contributed by atoms with E-state index in [1.807, 2.05) is 12.5 Å². The van der Waals surface area contributed by atoms with E-state index in [1.165, 1.54) is 16.8 Å². The number of fused-ring (bicyclic) bond motifs is 2. The standard InChI is InChI=1S/C19H19ClN4S/c1-12-3-4-13-8-14(18(20)22-17(13)7-12)10-24-6-5-16-15(11-24)9-21-19(23-16)25-2/h3-4,7-9H,5-6,10-11H2,1-2H3. The van der Waals surface area contributed by atoms with E-state index in [2.05, 4.69) is 51.0 Å². The van der Waals surface area contributed by atoms with Crippen LogP contribution in [-0.2, 0) is 19.5 Å². The van der Waals surface area contributed by atoms with Gasteiger partial charge in [0.25, 0.3) is 0 Å². The normalized spacial score (nSPS) is 14.7. The second-order valence-corrected chi connectivity index (χ2v) is 7.56. The molecule has 0 saturated carbocycles. The molecule has 128 valence electrons. The molecule has 0 N–H and O–H groups in total. The summed E-state index contributed by atoms with van der Waals surface area (Å²) in [5.41, 5.74) is 5.61. The van der Waals surface area contributed by atoms with Crippen LogP contribution in [0.1, 0.15) is 22.4 Å². The fourth-order valence-electron chi connectivity index (χ4n) is 3.24. The van der Waals surface area contributed by atoms with E-state index < -0.39 is 0 Å². The molecular formula is C19H19ClN4S. The van der Waals surface area contributed by atoms with E-state index in [9.17, 15) is 0 Å². The lowest BCUT2D eigenvalue weighted by Gasteiger charge is -2.28. The fourth-order valence-corrected chi connectivity index (χ4v) is 3.80. The molecule has 1 aromatic carbocycles. The summed E-state index contributed by atoms with van der Waals surface area (Å²) in [6, 6.07) is 8.45. The number of hydrogen-bond donors (Lipinski definition) is 0. The van der Waals surface area contributed by atoms with Crippen molar-refractivity contribution >= 4 is 34.3 Å². The average Bonchev–Trinajstić information content (AvgIpc) is 2.62. The largest absolute Gasteiger partial charge is 0.294 e. The SMILES string of the molecule is CSc1ncc2c(n1)CCN(Cc1cc3ccc(C)cc3nc1Cl)C2. The Balaban J connectivity index is 1.57. The molecule has 1 aliphatic rings. The topological polar surface area (TPSA) is 41.9 Å². The van der Waals surface area contributed by atoms with Crippen LogP contribution >= 0.6 is 23.4 Å². The number of benzene rings is 1. The second kappa shape index (κ2) is 6.90. The Kier molecular flexibility index (Phi) is 4.63. The summed E-state index contributed by atoms with van der Waals surface area (Å²) in [7, 11) is 0. The lowest BCUT2D eigenvalue weighted by molar-refractivity contribution is 0.242. The molecule has 0 unspecified atom stereocenters. The number of nitrogens with zero attached hydrogens (tertiary/aromatic N) is 4. The lowest BCUT2D eigenvalue weighted by atomic mass is 10.1. The predicted octanol–water partition coefficient (Wildman–Crippen LogP) is 4.27. The molecule has 6 heteroatoms. The minimum atomic E-state index is 0.595. The summed E-state index contributed by atoms with van der Waals surface area (Å²) in [6.45, 7) is 4.68. The molecule has 3 heterocycles. The molecular weight excluding hydrogens is 352 g/mol. The van der Waals surface area contributed by atoms with Crippen LogP contribution in [0.3, 0.4) is 0 Å². The van der Waals surface area contributed by atoms with Gasteiger partial charge in [0.2, 0.25) is 0 Å². The summed E-state index contributed by atoms with van der Waals surface area (Å²) in [6.07, 6.45) is 4.92. The number of thioether (sulfide) groups is 1. The van der Waals surface area contributed by atoms with Crippen LogP contribution in [0.25, 0.3) is 10.9 Å². The Morgan fingerprint density at radius 3 is 2.96 bits per heavy atom. The molecule has 4 rings (SSSR count). The van der Waals surface area contributed by atoms with Crippen LogP contribution in [0, 0.1) is 6.92 Å². The van der Waals surface area contributed by atoms with Crippen molar-refractivity contribution in [1.29, 1.82) is 0 Å². The number of aryl methyl sites for hydroxylation is 1. The highest BCUT2D eigenvalue weighted by Crippen LogP contribution is 2.25. The van der Waals surface area contributed by atoms with Crippen LogP contribution in [0.5, 0.6) is 0 Å². The fraction of sp³-hybridized carbons (Fsp3) is 0.316. The quantitative estimate of drug-likeness (QED) is 0.391. The molecule has 0 saturated heterocycles. The number of rotatable bonds is 3. The van der Waals surface area contributed by atoms with Crippen molar-refractivity contribution in [1.82, 2.24) is 19.9 Å². The number of hydrogen-bond acceptors (Lipinski definition) is 5. The zero-order valence-corrected chi connectivity index (χ0v) is 15.9. The van der Waals surface area contributed by atoms with E-state index in [0.29, 0.717) is 5.15 Å². The molecule has 0 bridgehead atoms. The molecule has 0 amide bonds. The zero-order chi connectivity index (χ0) is 17.4. The molecule has 0 atom stereocenters. The lowest BCUT2D eigenvalue weighted by Crippen LogP contribution is -2.31. The van der Waals surface area contributed by atoms with Gasteiger partial charge in [-0.25, -0.2) is 15.0 Å². The maximum Gasteiger partial charge on any atom is 0.187 e. The number of aromatic nitrogens is 3. The highest BCUT2D eigenvalue weighted by atomic mass is 35.5. The summed E-state index contributed by atoms with van der Waals surface area (Å²) >= 11 is 8.04. The Bertz CT molecular complexity index is 944. The van der Waals surface area contributed by atoms with Crippen molar-refractivity contribution in [2.75, 3.05) is 12.8 Å². The van der Waals surface area contributed by atoms with E-state index in [-0.39, 0.29) is 0 Å².